The van der Waals surface area contributed by atoms with Crippen molar-refractivity contribution in [3.63, 3.8) is 0 Å². The van der Waals surface area contributed by atoms with E-state index in [0.29, 0.717) is 6.04 Å². The predicted molar refractivity (Wildman–Crippen MR) is 64.8 cm³/mol. The van der Waals surface area contributed by atoms with E-state index in [2.05, 4.69) is 31.1 Å². The van der Waals surface area contributed by atoms with Crippen LogP contribution in [0.4, 0.5) is 0 Å². The average Bonchev–Trinajstić information content (AvgIpc) is 2.18. The number of nitrogens with one attached hydrogen (secondary N) is 2. The van der Waals surface area contributed by atoms with Gasteiger partial charge in [0.05, 0.1) is 6.04 Å². The maximum absolute atomic E-state index is 11.6. The first kappa shape index (κ1) is 14.2. The van der Waals surface area contributed by atoms with Crippen LogP contribution < -0.4 is 10.6 Å². The SMILES string of the molecule is C=CCC(C)NC(C)C(=O)NCCCC. The summed E-state index contributed by atoms with van der Waals surface area (Å²) in [6.45, 7) is 10.5. The molecule has 0 aromatic rings. The fourth-order valence-electron chi connectivity index (χ4n) is 1.36. The van der Waals surface area contributed by atoms with Crippen LogP contribution in [-0.2, 0) is 4.79 Å². The quantitative estimate of drug-likeness (QED) is 0.476. The van der Waals surface area contributed by atoms with Crippen LogP contribution in [0.2, 0.25) is 0 Å². The molecule has 0 aliphatic heterocycles. The molecule has 0 saturated carbocycles. The topological polar surface area (TPSA) is 41.1 Å². The Bertz CT molecular complexity index is 192. The van der Waals surface area contributed by atoms with E-state index in [0.717, 1.165) is 25.8 Å². The summed E-state index contributed by atoms with van der Waals surface area (Å²) in [5, 5.41) is 6.13. The first-order chi connectivity index (χ1) is 7.11. The third kappa shape index (κ3) is 7.14. The predicted octanol–water partition coefficient (Wildman–Crippen LogP) is 1.85. The third-order valence-electron chi connectivity index (χ3n) is 2.28. The van der Waals surface area contributed by atoms with Crippen molar-refractivity contribution in [1.29, 1.82) is 0 Å². The molecule has 15 heavy (non-hydrogen) atoms. The molecule has 3 heteroatoms. The Balaban J connectivity index is 3.72. The van der Waals surface area contributed by atoms with Gasteiger partial charge in [-0.1, -0.05) is 19.4 Å². The molecule has 0 bridgehead atoms. The van der Waals surface area contributed by atoms with Crippen molar-refractivity contribution in [3.05, 3.63) is 12.7 Å². The minimum absolute atomic E-state index is 0.0827. The molecule has 3 nitrogen and oxygen atoms in total. The Hall–Kier alpha value is -0.830. The van der Waals surface area contributed by atoms with E-state index in [9.17, 15) is 4.79 Å². The Morgan fingerprint density at radius 3 is 2.67 bits per heavy atom. The zero-order valence-corrected chi connectivity index (χ0v) is 10.2. The van der Waals surface area contributed by atoms with Crippen molar-refractivity contribution in [2.24, 2.45) is 0 Å². The summed E-state index contributed by atoms with van der Waals surface area (Å²) < 4.78 is 0. The lowest BCUT2D eigenvalue weighted by Crippen LogP contribution is -2.45. The van der Waals surface area contributed by atoms with Gasteiger partial charge < -0.3 is 10.6 Å². The molecule has 2 N–H and O–H groups in total. The van der Waals surface area contributed by atoms with Crippen LogP contribution in [0.1, 0.15) is 40.0 Å². The maximum atomic E-state index is 11.6. The molecular formula is C12H24N2O. The van der Waals surface area contributed by atoms with Crippen LogP contribution >= 0.6 is 0 Å². The van der Waals surface area contributed by atoms with E-state index in [-0.39, 0.29) is 11.9 Å². The minimum Gasteiger partial charge on any atom is -0.355 e. The molecule has 0 rings (SSSR count). The monoisotopic (exact) mass is 212 g/mol. The molecular weight excluding hydrogens is 188 g/mol. The number of unbranched alkanes of at least 4 members (excludes halogenated alkanes) is 1. The van der Waals surface area contributed by atoms with Crippen molar-refractivity contribution in [3.8, 4) is 0 Å². The second kappa shape index (κ2) is 8.48. The molecule has 2 unspecified atom stereocenters. The van der Waals surface area contributed by atoms with E-state index in [1.807, 2.05) is 13.0 Å². The highest BCUT2D eigenvalue weighted by molar-refractivity contribution is 5.81. The molecule has 0 aromatic heterocycles. The van der Waals surface area contributed by atoms with E-state index in [4.69, 9.17) is 0 Å². The molecule has 0 aliphatic rings. The number of hydrogen-bond acceptors (Lipinski definition) is 2. The summed E-state index contributed by atoms with van der Waals surface area (Å²) in [5.41, 5.74) is 0. The third-order valence-corrected chi connectivity index (χ3v) is 2.28. The molecule has 0 heterocycles. The van der Waals surface area contributed by atoms with Crippen molar-refractivity contribution in [1.82, 2.24) is 10.6 Å². The highest BCUT2D eigenvalue weighted by Gasteiger charge is 2.13. The molecule has 0 aromatic carbocycles. The molecule has 1 amide bonds. The fraction of sp³-hybridized carbons (Fsp3) is 0.750. The summed E-state index contributed by atoms with van der Waals surface area (Å²) in [7, 11) is 0. The Labute approximate surface area is 93.3 Å². The van der Waals surface area contributed by atoms with Gasteiger partial charge in [0.15, 0.2) is 0 Å². The van der Waals surface area contributed by atoms with Crippen molar-refractivity contribution in [2.75, 3.05) is 6.54 Å². The molecule has 0 radical (unpaired) electrons. The van der Waals surface area contributed by atoms with Crippen LogP contribution in [0.5, 0.6) is 0 Å². The van der Waals surface area contributed by atoms with Crippen LogP contribution in [-0.4, -0.2) is 24.5 Å². The van der Waals surface area contributed by atoms with Gasteiger partial charge in [0, 0.05) is 12.6 Å². The van der Waals surface area contributed by atoms with Crippen LogP contribution in [0, 0.1) is 0 Å². The number of amides is 1. The molecule has 88 valence electrons. The van der Waals surface area contributed by atoms with Crippen molar-refractivity contribution >= 4 is 5.91 Å². The van der Waals surface area contributed by atoms with Crippen molar-refractivity contribution < 1.29 is 4.79 Å². The van der Waals surface area contributed by atoms with E-state index >= 15 is 0 Å². The Morgan fingerprint density at radius 1 is 1.47 bits per heavy atom. The van der Waals surface area contributed by atoms with Crippen LogP contribution in [0.15, 0.2) is 12.7 Å². The second-order valence-corrected chi connectivity index (χ2v) is 3.96. The van der Waals surface area contributed by atoms with Gasteiger partial charge in [0.2, 0.25) is 5.91 Å². The van der Waals surface area contributed by atoms with E-state index < -0.39 is 0 Å². The lowest BCUT2D eigenvalue weighted by atomic mass is 10.2. The molecule has 2 atom stereocenters. The Kier molecular flexibility index (Phi) is 8.01. The molecule has 0 saturated heterocycles. The minimum atomic E-state index is -0.128. The summed E-state index contributed by atoms with van der Waals surface area (Å²) in [6.07, 6.45) is 4.89. The van der Waals surface area contributed by atoms with Gasteiger partial charge in [-0.05, 0) is 26.7 Å². The summed E-state index contributed by atoms with van der Waals surface area (Å²) in [4.78, 5) is 11.6. The van der Waals surface area contributed by atoms with Crippen molar-refractivity contribution in [2.45, 2.75) is 52.1 Å². The normalized spacial score (nSPS) is 14.3. The first-order valence-electron chi connectivity index (χ1n) is 5.76. The van der Waals surface area contributed by atoms with Gasteiger partial charge in [-0.25, -0.2) is 0 Å². The number of hydrogen-bond donors (Lipinski definition) is 2. The van der Waals surface area contributed by atoms with Gasteiger partial charge in [0.1, 0.15) is 0 Å². The molecule has 0 aliphatic carbocycles. The summed E-state index contributed by atoms with van der Waals surface area (Å²) in [5.74, 6) is 0.0827. The lowest BCUT2D eigenvalue weighted by molar-refractivity contribution is -0.122. The second-order valence-electron chi connectivity index (χ2n) is 3.96. The highest BCUT2D eigenvalue weighted by atomic mass is 16.2. The van der Waals surface area contributed by atoms with E-state index in [1.165, 1.54) is 0 Å². The number of carbonyl (C=O) groups is 1. The fourth-order valence-corrected chi connectivity index (χ4v) is 1.36. The summed E-state index contributed by atoms with van der Waals surface area (Å²) in [6, 6.07) is 0.172. The maximum Gasteiger partial charge on any atom is 0.236 e. The molecule has 0 spiro atoms. The number of carbonyl (C=O) groups excluding carboxylic acids is 1. The van der Waals surface area contributed by atoms with E-state index in [1.54, 1.807) is 0 Å². The zero-order chi connectivity index (χ0) is 11.7. The number of rotatable bonds is 8. The zero-order valence-electron chi connectivity index (χ0n) is 10.2. The van der Waals surface area contributed by atoms with Crippen LogP contribution in [0.25, 0.3) is 0 Å². The average molecular weight is 212 g/mol. The van der Waals surface area contributed by atoms with Gasteiger partial charge in [-0.15, -0.1) is 6.58 Å². The van der Waals surface area contributed by atoms with Gasteiger partial charge >= 0.3 is 0 Å². The summed E-state index contributed by atoms with van der Waals surface area (Å²) >= 11 is 0. The molecule has 0 fully saturated rings. The lowest BCUT2D eigenvalue weighted by Gasteiger charge is -2.18. The van der Waals surface area contributed by atoms with Gasteiger partial charge in [0.25, 0.3) is 0 Å². The Morgan fingerprint density at radius 2 is 2.13 bits per heavy atom. The van der Waals surface area contributed by atoms with Gasteiger partial charge in [-0.2, -0.15) is 0 Å². The first-order valence-corrected chi connectivity index (χ1v) is 5.76. The highest BCUT2D eigenvalue weighted by Crippen LogP contribution is 1.94. The van der Waals surface area contributed by atoms with Crippen LogP contribution in [0.3, 0.4) is 0 Å². The largest absolute Gasteiger partial charge is 0.355 e. The van der Waals surface area contributed by atoms with Gasteiger partial charge in [-0.3, -0.25) is 4.79 Å². The standard InChI is InChI=1S/C12H24N2O/c1-5-7-9-13-12(15)11(4)14-10(3)8-6-2/h6,10-11,14H,2,5,7-9H2,1,3-4H3,(H,13,15). The smallest absolute Gasteiger partial charge is 0.236 e.